The number of aryl methyl sites for hydroxylation is 1. The molecule has 0 saturated heterocycles. The predicted molar refractivity (Wildman–Crippen MR) is 107 cm³/mol. The summed E-state index contributed by atoms with van der Waals surface area (Å²) in [6.45, 7) is 2.33. The molecule has 0 aliphatic heterocycles. The molecule has 0 saturated carbocycles. The Labute approximate surface area is 164 Å². The monoisotopic (exact) mass is 401 g/mol. The molecule has 0 spiro atoms. The van der Waals surface area contributed by atoms with Crippen molar-refractivity contribution in [2.75, 3.05) is 6.54 Å². The number of rotatable bonds is 7. The van der Waals surface area contributed by atoms with Crippen LogP contribution in [0.3, 0.4) is 0 Å². The van der Waals surface area contributed by atoms with Gasteiger partial charge in [0, 0.05) is 17.7 Å². The van der Waals surface area contributed by atoms with Crippen LogP contribution in [0, 0.1) is 0 Å². The van der Waals surface area contributed by atoms with Crippen LogP contribution >= 0.6 is 0 Å². The summed E-state index contributed by atoms with van der Waals surface area (Å²) in [5.41, 5.74) is 4.90. The number of phenolic OH excluding ortho intramolecular Hbond substituents is 1. The lowest BCUT2D eigenvalue weighted by Crippen LogP contribution is -2.25. The summed E-state index contributed by atoms with van der Waals surface area (Å²) in [6.07, 6.45) is 2.98. The van der Waals surface area contributed by atoms with Crippen molar-refractivity contribution in [1.82, 2.24) is 10.1 Å². The van der Waals surface area contributed by atoms with Gasteiger partial charge in [0.25, 0.3) is 5.91 Å². The SMILES string of the molecule is CCCCNS(=O)(=O)c1cccc(C(=O)N/N=C2\CCc3cccc(O)c32)c1. The molecule has 3 rings (SSSR count). The number of amides is 1. The maximum absolute atomic E-state index is 12.4. The molecule has 0 atom stereocenters. The second-order valence-electron chi connectivity index (χ2n) is 6.59. The Hall–Kier alpha value is -2.71. The first-order valence-corrected chi connectivity index (χ1v) is 10.7. The van der Waals surface area contributed by atoms with Crippen molar-refractivity contribution in [2.24, 2.45) is 5.10 Å². The average molecular weight is 401 g/mol. The number of nitrogens with zero attached hydrogens (tertiary/aromatic N) is 1. The fraction of sp³-hybridized carbons (Fsp3) is 0.300. The third-order valence-electron chi connectivity index (χ3n) is 4.57. The van der Waals surface area contributed by atoms with Crippen LogP contribution in [0.25, 0.3) is 0 Å². The normalized spacial score (nSPS) is 14.8. The summed E-state index contributed by atoms with van der Waals surface area (Å²) in [7, 11) is -3.66. The maximum atomic E-state index is 12.4. The van der Waals surface area contributed by atoms with Gasteiger partial charge in [-0.2, -0.15) is 5.10 Å². The fourth-order valence-electron chi connectivity index (χ4n) is 3.07. The molecule has 148 valence electrons. The van der Waals surface area contributed by atoms with E-state index in [0.29, 0.717) is 24.2 Å². The largest absolute Gasteiger partial charge is 0.507 e. The summed E-state index contributed by atoms with van der Waals surface area (Å²) in [4.78, 5) is 12.5. The summed E-state index contributed by atoms with van der Waals surface area (Å²) in [5.74, 6) is -0.378. The van der Waals surface area contributed by atoms with E-state index in [4.69, 9.17) is 0 Å². The molecule has 3 N–H and O–H groups in total. The molecule has 0 aromatic heterocycles. The number of benzene rings is 2. The van der Waals surface area contributed by atoms with Gasteiger partial charge in [-0.15, -0.1) is 0 Å². The van der Waals surface area contributed by atoms with E-state index in [1.165, 1.54) is 24.3 Å². The fourth-order valence-corrected chi connectivity index (χ4v) is 4.19. The number of hydrogen-bond donors (Lipinski definition) is 3. The molecule has 0 radical (unpaired) electrons. The molecular formula is C20H23N3O4S. The van der Waals surface area contributed by atoms with Gasteiger partial charge in [0.1, 0.15) is 5.75 Å². The third kappa shape index (κ3) is 4.40. The second kappa shape index (κ2) is 8.53. The molecule has 0 unspecified atom stereocenters. The van der Waals surface area contributed by atoms with Crippen LogP contribution in [0.1, 0.15) is 47.7 Å². The predicted octanol–water partition coefficient (Wildman–Crippen LogP) is 2.55. The minimum Gasteiger partial charge on any atom is -0.507 e. The van der Waals surface area contributed by atoms with Gasteiger partial charge in [0.2, 0.25) is 10.0 Å². The quantitative estimate of drug-likeness (QED) is 0.489. The van der Waals surface area contributed by atoms with Crippen LogP contribution < -0.4 is 10.1 Å². The van der Waals surface area contributed by atoms with Crippen LogP contribution in [-0.4, -0.2) is 31.7 Å². The molecular weight excluding hydrogens is 378 g/mol. The summed E-state index contributed by atoms with van der Waals surface area (Å²) < 4.78 is 27.2. The van der Waals surface area contributed by atoms with Crippen molar-refractivity contribution >= 4 is 21.6 Å². The lowest BCUT2D eigenvalue weighted by molar-refractivity contribution is 0.0954. The number of sulfonamides is 1. The van der Waals surface area contributed by atoms with Crippen molar-refractivity contribution in [1.29, 1.82) is 0 Å². The molecule has 0 fully saturated rings. The van der Waals surface area contributed by atoms with Crippen molar-refractivity contribution in [3.63, 3.8) is 0 Å². The number of carbonyl (C=O) groups is 1. The molecule has 7 nitrogen and oxygen atoms in total. The van der Waals surface area contributed by atoms with Gasteiger partial charge in [-0.3, -0.25) is 4.79 Å². The molecule has 8 heteroatoms. The number of hydrazone groups is 1. The number of unbranched alkanes of at least 4 members (excludes halogenated alkanes) is 1. The molecule has 1 aliphatic carbocycles. The topological polar surface area (TPSA) is 108 Å². The zero-order valence-electron chi connectivity index (χ0n) is 15.6. The minimum absolute atomic E-state index is 0.0350. The first-order valence-electron chi connectivity index (χ1n) is 9.20. The smallest absolute Gasteiger partial charge is 0.271 e. The van der Waals surface area contributed by atoms with E-state index in [-0.39, 0.29) is 16.2 Å². The molecule has 28 heavy (non-hydrogen) atoms. The Morgan fingerprint density at radius 2 is 1.96 bits per heavy atom. The van der Waals surface area contributed by atoms with E-state index in [1.54, 1.807) is 12.1 Å². The van der Waals surface area contributed by atoms with E-state index < -0.39 is 15.9 Å². The number of aromatic hydroxyl groups is 1. The molecule has 2 aromatic carbocycles. The van der Waals surface area contributed by atoms with Crippen LogP contribution in [-0.2, 0) is 16.4 Å². The standard InChI is InChI=1S/C20H23N3O4S/c1-2-3-12-21-28(26,27)16-8-4-7-15(13-16)20(25)23-22-17-11-10-14-6-5-9-18(24)19(14)17/h4-9,13,21,24H,2-3,10-12H2,1H3,(H,23,25)/b22-17+. The highest BCUT2D eigenvalue weighted by Crippen LogP contribution is 2.29. The summed E-state index contributed by atoms with van der Waals surface area (Å²) in [6, 6.07) is 11.1. The highest BCUT2D eigenvalue weighted by atomic mass is 32.2. The lowest BCUT2D eigenvalue weighted by Gasteiger charge is -2.08. The highest BCUT2D eigenvalue weighted by molar-refractivity contribution is 7.89. The Bertz CT molecular complexity index is 1020. The second-order valence-corrected chi connectivity index (χ2v) is 8.36. The van der Waals surface area contributed by atoms with Crippen LogP contribution in [0.2, 0.25) is 0 Å². The Balaban J connectivity index is 1.75. The van der Waals surface area contributed by atoms with Crippen molar-refractivity contribution < 1.29 is 18.3 Å². The minimum atomic E-state index is -3.66. The first kappa shape index (κ1) is 20.0. The van der Waals surface area contributed by atoms with E-state index in [9.17, 15) is 18.3 Å². The molecule has 1 aliphatic rings. The van der Waals surface area contributed by atoms with Crippen LogP contribution in [0.4, 0.5) is 0 Å². The van der Waals surface area contributed by atoms with Gasteiger partial charge >= 0.3 is 0 Å². The van der Waals surface area contributed by atoms with Gasteiger partial charge in [0.15, 0.2) is 0 Å². The van der Waals surface area contributed by atoms with Gasteiger partial charge in [-0.1, -0.05) is 31.5 Å². The molecule has 2 aromatic rings. The number of carbonyl (C=O) groups excluding carboxylic acids is 1. The average Bonchev–Trinajstić information content (AvgIpc) is 3.11. The number of phenols is 1. The van der Waals surface area contributed by atoms with Crippen molar-refractivity contribution in [2.45, 2.75) is 37.5 Å². The number of hydrogen-bond acceptors (Lipinski definition) is 5. The van der Waals surface area contributed by atoms with E-state index in [0.717, 1.165) is 24.8 Å². The van der Waals surface area contributed by atoms with Gasteiger partial charge in [-0.05, 0) is 49.1 Å². The van der Waals surface area contributed by atoms with Gasteiger partial charge in [0.05, 0.1) is 10.6 Å². The molecule has 0 heterocycles. The van der Waals surface area contributed by atoms with Gasteiger partial charge < -0.3 is 5.11 Å². The van der Waals surface area contributed by atoms with Crippen LogP contribution in [0.5, 0.6) is 5.75 Å². The Kier molecular flexibility index (Phi) is 6.11. The van der Waals surface area contributed by atoms with Crippen molar-refractivity contribution in [3.8, 4) is 5.75 Å². The zero-order chi connectivity index (χ0) is 20.1. The van der Waals surface area contributed by atoms with Crippen LogP contribution in [0.15, 0.2) is 52.5 Å². The number of fused-ring (bicyclic) bond motifs is 1. The summed E-state index contributed by atoms with van der Waals surface area (Å²) in [5, 5.41) is 14.2. The molecule has 1 amide bonds. The third-order valence-corrected chi connectivity index (χ3v) is 6.03. The van der Waals surface area contributed by atoms with E-state index in [2.05, 4.69) is 15.2 Å². The number of nitrogens with one attached hydrogen (secondary N) is 2. The maximum Gasteiger partial charge on any atom is 0.271 e. The van der Waals surface area contributed by atoms with E-state index in [1.807, 2.05) is 13.0 Å². The summed E-state index contributed by atoms with van der Waals surface area (Å²) >= 11 is 0. The zero-order valence-corrected chi connectivity index (χ0v) is 16.4. The van der Waals surface area contributed by atoms with Crippen molar-refractivity contribution in [3.05, 3.63) is 59.2 Å². The van der Waals surface area contributed by atoms with Gasteiger partial charge in [-0.25, -0.2) is 18.6 Å². The first-order chi connectivity index (χ1) is 13.4. The Morgan fingerprint density at radius 1 is 1.18 bits per heavy atom. The van der Waals surface area contributed by atoms with E-state index >= 15 is 0 Å². The highest BCUT2D eigenvalue weighted by Gasteiger charge is 2.22. The lowest BCUT2D eigenvalue weighted by atomic mass is 10.1. The Morgan fingerprint density at radius 3 is 2.75 bits per heavy atom. The molecule has 0 bridgehead atoms.